The molecule has 0 unspecified atom stereocenters. The summed E-state index contributed by atoms with van der Waals surface area (Å²) in [5.74, 6) is -0.604. The van der Waals surface area contributed by atoms with Crippen molar-refractivity contribution >= 4 is 27.5 Å². The van der Waals surface area contributed by atoms with Crippen molar-refractivity contribution in [1.82, 2.24) is 9.55 Å². The molecule has 0 bridgehead atoms. The standard InChI is InChI=1S/C15H19N3O3S/c1-9-11-13(22-12(9)15(20)21)16-10(2)18(14(11)19)8-7-17-5-3-4-6-17/h3-8H2,1-2H3,(H,20,21). The number of carbonyl (C=O) groups is 1. The number of carboxylic acid groups (broad SMARTS) is 1. The van der Waals surface area contributed by atoms with E-state index in [1.54, 1.807) is 18.4 Å². The minimum absolute atomic E-state index is 0.0990. The molecular weight excluding hydrogens is 302 g/mol. The minimum atomic E-state index is -1.24. The molecule has 2 aromatic heterocycles. The topological polar surface area (TPSA) is 79.5 Å². The summed E-state index contributed by atoms with van der Waals surface area (Å²) in [6.45, 7) is 7.31. The van der Waals surface area contributed by atoms with Crippen molar-refractivity contribution in [3.05, 3.63) is 26.6 Å². The van der Waals surface area contributed by atoms with E-state index in [1.807, 2.05) is 0 Å². The van der Waals surface area contributed by atoms with Gasteiger partial charge in [-0.2, -0.15) is 0 Å². The zero-order valence-corrected chi connectivity index (χ0v) is 13.6. The van der Waals surface area contributed by atoms with Crippen molar-refractivity contribution in [2.45, 2.75) is 33.2 Å². The summed E-state index contributed by atoms with van der Waals surface area (Å²) in [6.07, 6.45) is 2.50. The summed E-state index contributed by atoms with van der Waals surface area (Å²) in [6, 6.07) is 0. The summed E-state index contributed by atoms with van der Waals surface area (Å²) in [5.41, 5.74) is 0.335. The van der Waals surface area contributed by atoms with Crippen LogP contribution in [0.3, 0.4) is 0 Å². The number of aromatic nitrogens is 2. The molecule has 22 heavy (non-hydrogen) atoms. The van der Waals surface area contributed by atoms with Crippen molar-refractivity contribution in [3.8, 4) is 0 Å². The van der Waals surface area contributed by atoms with Crippen LogP contribution in [0.5, 0.6) is 0 Å². The minimum Gasteiger partial charge on any atom is -0.544 e. The normalized spacial score (nSPS) is 15.7. The van der Waals surface area contributed by atoms with Gasteiger partial charge in [-0.05, 0) is 19.4 Å². The van der Waals surface area contributed by atoms with Gasteiger partial charge in [0.2, 0.25) is 0 Å². The highest BCUT2D eigenvalue weighted by Crippen LogP contribution is 2.26. The smallest absolute Gasteiger partial charge is 0.262 e. The zero-order valence-electron chi connectivity index (χ0n) is 12.8. The Bertz CT molecular complexity index is 787. The first-order valence-corrected chi connectivity index (χ1v) is 8.36. The Morgan fingerprint density at radius 3 is 2.68 bits per heavy atom. The Kier molecular flexibility index (Phi) is 4.01. The van der Waals surface area contributed by atoms with Gasteiger partial charge in [0.1, 0.15) is 10.7 Å². The van der Waals surface area contributed by atoms with Gasteiger partial charge in [-0.15, -0.1) is 11.3 Å². The molecule has 3 heterocycles. The Morgan fingerprint density at radius 2 is 2.05 bits per heavy atom. The number of thiophene rings is 1. The molecule has 1 aliphatic rings. The number of hydrogen-bond acceptors (Lipinski definition) is 5. The van der Waals surface area contributed by atoms with Gasteiger partial charge in [-0.1, -0.05) is 0 Å². The van der Waals surface area contributed by atoms with Gasteiger partial charge in [0.15, 0.2) is 0 Å². The summed E-state index contributed by atoms with van der Waals surface area (Å²) in [7, 11) is 0. The maximum atomic E-state index is 12.7. The number of nitrogens with one attached hydrogen (secondary N) is 1. The first-order chi connectivity index (χ1) is 10.5. The molecule has 0 aliphatic carbocycles. The molecule has 1 fully saturated rings. The van der Waals surface area contributed by atoms with Crippen molar-refractivity contribution in [2.75, 3.05) is 19.6 Å². The molecule has 0 amide bonds. The molecule has 3 rings (SSSR count). The number of carbonyl (C=O) groups excluding carboxylic acids is 1. The molecule has 118 valence electrons. The van der Waals surface area contributed by atoms with Crippen LogP contribution in [0.2, 0.25) is 0 Å². The Hall–Kier alpha value is -1.73. The highest BCUT2D eigenvalue weighted by atomic mass is 32.1. The van der Waals surface area contributed by atoms with E-state index >= 15 is 0 Å². The number of carboxylic acids is 1. The van der Waals surface area contributed by atoms with Crippen LogP contribution in [-0.2, 0) is 6.54 Å². The van der Waals surface area contributed by atoms with Crippen LogP contribution in [0.1, 0.15) is 33.9 Å². The lowest BCUT2D eigenvalue weighted by Crippen LogP contribution is -3.10. The monoisotopic (exact) mass is 321 g/mol. The second-order valence-electron chi connectivity index (χ2n) is 5.85. The van der Waals surface area contributed by atoms with Crippen LogP contribution in [0.15, 0.2) is 4.79 Å². The summed E-state index contributed by atoms with van der Waals surface area (Å²) in [5, 5.41) is 11.6. The Balaban J connectivity index is 2.01. The molecule has 2 aromatic rings. The number of fused-ring (bicyclic) bond motifs is 1. The van der Waals surface area contributed by atoms with Gasteiger partial charge < -0.3 is 14.8 Å². The quantitative estimate of drug-likeness (QED) is 0.793. The number of aromatic carboxylic acids is 1. The molecule has 0 spiro atoms. The predicted molar refractivity (Wildman–Crippen MR) is 82.5 cm³/mol. The third-order valence-corrected chi connectivity index (χ3v) is 5.59. The van der Waals surface area contributed by atoms with E-state index < -0.39 is 5.97 Å². The predicted octanol–water partition coefficient (Wildman–Crippen LogP) is -0.883. The molecule has 1 saturated heterocycles. The lowest BCUT2D eigenvalue weighted by Gasteiger charge is -2.14. The first kappa shape index (κ1) is 15.2. The summed E-state index contributed by atoms with van der Waals surface area (Å²) in [4.78, 5) is 30.4. The molecule has 0 aromatic carbocycles. The van der Waals surface area contributed by atoms with Crippen molar-refractivity contribution in [3.63, 3.8) is 0 Å². The van der Waals surface area contributed by atoms with Crippen molar-refractivity contribution < 1.29 is 14.8 Å². The van der Waals surface area contributed by atoms with Crippen LogP contribution >= 0.6 is 11.3 Å². The highest BCUT2D eigenvalue weighted by Gasteiger charge is 2.19. The lowest BCUT2D eigenvalue weighted by molar-refractivity contribution is -0.888. The van der Waals surface area contributed by atoms with Crippen LogP contribution in [0, 0.1) is 13.8 Å². The molecular formula is C15H19N3O3S. The number of nitrogens with zero attached hydrogens (tertiary/aromatic N) is 2. The van der Waals surface area contributed by atoms with E-state index in [0.717, 1.165) is 31.0 Å². The maximum Gasteiger partial charge on any atom is 0.262 e. The van der Waals surface area contributed by atoms with E-state index in [0.29, 0.717) is 28.1 Å². The number of aryl methyl sites for hydroxylation is 2. The summed E-state index contributed by atoms with van der Waals surface area (Å²) < 4.78 is 1.67. The fraction of sp³-hybridized carbons (Fsp3) is 0.533. The fourth-order valence-corrected chi connectivity index (χ4v) is 4.22. The maximum absolute atomic E-state index is 12.7. The zero-order chi connectivity index (χ0) is 15.9. The third kappa shape index (κ3) is 2.55. The molecule has 0 saturated carbocycles. The SMILES string of the molecule is Cc1c(C(=O)[O-])sc2nc(C)n(CC[NH+]3CCCC3)c(=O)c12. The van der Waals surface area contributed by atoms with Crippen LogP contribution < -0.4 is 15.6 Å². The first-order valence-electron chi connectivity index (χ1n) is 7.54. The van der Waals surface area contributed by atoms with E-state index in [-0.39, 0.29) is 10.4 Å². The largest absolute Gasteiger partial charge is 0.544 e. The number of likely N-dealkylation sites (tertiary alicyclic amines) is 1. The van der Waals surface area contributed by atoms with Gasteiger partial charge >= 0.3 is 0 Å². The Morgan fingerprint density at radius 1 is 1.36 bits per heavy atom. The van der Waals surface area contributed by atoms with Gasteiger partial charge in [0.05, 0.1) is 42.4 Å². The van der Waals surface area contributed by atoms with E-state index in [1.165, 1.54) is 17.7 Å². The average Bonchev–Trinajstić information content (AvgIpc) is 3.06. The molecule has 1 N–H and O–H groups in total. The van der Waals surface area contributed by atoms with Crippen molar-refractivity contribution in [1.29, 1.82) is 0 Å². The lowest BCUT2D eigenvalue weighted by atomic mass is 10.2. The van der Waals surface area contributed by atoms with E-state index in [9.17, 15) is 14.7 Å². The highest BCUT2D eigenvalue weighted by molar-refractivity contribution is 7.20. The van der Waals surface area contributed by atoms with Gasteiger partial charge in [-0.25, -0.2) is 4.98 Å². The van der Waals surface area contributed by atoms with Gasteiger partial charge in [-0.3, -0.25) is 9.36 Å². The van der Waals surface area contributed by atoms with E-state index in [4.69, 9.17) is 0 Å². The molecule has 6 nitrogen and oxygen atoms in total. The van der Waals surface area contributed by atoms with Gasteiger partial charge in [0, 0.05) is 12.8 Å². The molecule has 0 atom stereocenters. The van der Waals surface area contributed by atoms with Crippen molar-refractivity contribution in [2.24, 2.45) is 0 Å². The van der Waals surface area contributed by atoms with Gasteiger partial charge in [0.25, 0.3) is 5.56 Å². The van der Waals surface area contributed by atoms with Crippen LogP contribution in [0.4, 0.5) is 0 Å². The second kappa shape index (κ2) is 5.81. The molecule has 1 aliphatic heterocycles. The number of hydrogen-bond donors (Lipinski definition) is 1. The third-order valence-electron chi connectivity index (χ3n) is 4.43. The van der Waals surface area contributed by atoms with E-state index in [2.05, 4.69) is 4.98 Å². The number of quaternary nitrogens is 1. The van der Waals surface area contributed by atoms with Crippen LogP contribution in [-0.4, -0.2) is 35.2 Å². The second-order valence-corrected chi connectivity index (χ2v) is 6.85. The Labute approximate surface area is 132 Å². The van der Waals surface area contributed by atoms with Crippen LogP contribution in [0.25, 0.3) is 10.2 Å². The number of rotatable bonds is 4. The average molecular weight is 321 g/mol. The molecule has 7 heteroatoms. The molecule has 0 radical (unpaired) electrons. The summed E-state index contributed by atoms with van der Waals surface area (Å²) >= 11 is 1.02. The fourth-order valence-electron chi connectivity index (χ4n) is 3.17.